The Balaban J connectivity index is 0.000000197. The summed E-state index contributed by atoms with van der Waals surface area (Å²) in [4.78, 5) is 5.00. The van der Waals surface area contributed by atoms with Crippen LogP contribution in [0.4, 0.5) is 0 Å². The van der Waals surface area contributed by atoms with Crippen LogP contribution in [0, 0.1) is 31.9 Å². The molecular weight excluding hydrogens is 794 g/mol. The van der Waals surface area contributed by atoms with E-state index in [1.54, 1.807) is 0 Å². The van der Waals surface area contributed by atoms with Gasteiger partial charge in [0.25, 0.3) is 0 Å². The minimum absolute atomic E-state index is 0. The molecular formula is C45H52IrNOP-2. The number of hydrogen-bond acceptors (Lipinski definition) is 2. The number of nitrogens with zero attached hydrogens (tertiary/aromatic N) is 1. The molecule has 1 radical (unpaired) electrons. The van der Waals surface area contributed by atoms with E-state index >= 15 is 0 Å². The predicted molar refractivity (Wildman–Crippen MR) is 206 cm³/mol. The average molecular weight is 846 g/mol. The molecule has 0 bridgehead atoms. The Morgan fingerprint density at radius 1 is 0.776 bits per heavy atom. The molecule has 2 aliphatic rings. The molecule has 2 aliphatic carbocycles. The SMILES string of the molecule is Cc1[c-]c(-c2ccc3c(CC(C)C)c(-c4ccccc4)ccc3n2)cc(C)c1.O=P(c1[c-]cccc1)(C1CCCCC1)C1CCCCC1.[Ir]. The third-order valence-electron chi connectivity index (χ3n) is 10.4. The molecule has 0 atom stereocenters. The number of aromatic nitrogens is 1. The van der Waals surface area contributed by atoms with Crippen LogP contribution < -0.4 is 5.30 Å². The maximum absolute atomic E-state index is 14.1. The van der Waals surface area contributed by atoms with Gasteiger partial charge in [-0.15, -0.1) is 40.2 Å². The van der Waals surface area contributed by atoms with Crippen molar-refractivity contribution in [3.05, 3.63) is 120 Å². The summed E-state index contributed by atoms with van der Waals surface area (Å²) in [5, 5.41) is 2.31. The van der Waals surface area contributed by atoms with Crippen molar-refractivity contribution in [3.63, 3.8) is 0 Å². The minimum Gasteiger partial charge on any atom is -0.320 e. The van der Waals surface area contributed by atoms with Crippen LogP contribution in [0.1, 0.15) is 94.7 Å². The van der Waals surface area contributed by atoms with Crippen LogP contribution in [0.2, 0.25) is 0 Å². The molecule has 0 N–H and O–H groups in total. The van der Waals surface area contributed by atoms with Gasteiger partial charge < -0.3 is 4.57 Å². The van der Waals surface area contributed by atoms with Gasteiger partial charge in [-0.1, -0.05) is 115 Å². The van der Waals surface area contributed by atoms with Crippen LogP contribution in [0.5, 0.6) is 0 Å². The second-order valence-electron chi connectivity index (χ2n) is 14.6. The number of aryl methyl sites for hydroxylation is 2. The van der Waals surface area contributed by atoms with Crippen molar-refractivity contribution < 1.29 is 24.7 Å². The van der Waals surface area contributed by atoms with Gasteiger partial charge in [0.2, 0.25) is 0 Å². The Labute approximate surface area is 309 Å². The van der Waals surface area contributed by atoms with E-state index in [2.05, 4.69) is 113 Å². The largest absolute Gasteiger partial charge is 0.320 e. The summed E-state index contributed by atoms with van der Waals surface area (Å²) in [5.41, 5.74) is 10.4. The summed E-state index contributed by atoms with van der Waals surface area (Å²) in [6.45, 7) is 8.77. The second-order valence-corrected chi connectivity index (χ2v) is 18.0. The molecule has 2 fully saturated rings. The van der Waals surface area contributed by atoms with Crippen molar-refractivity contribution in [2.75, 3.05) is 0 Å². The van der Waals surface area contributed by atoms with E-state index < -0.39 is 7.14 Å². The standard InChI is InChI=1S/C27H26N.C18H26OP.Ir/c1-18(2)14-25-23(21-8-6-5-7-9-21)10-13-27-24(25)11-12-26(28-27)22-16-19(3)15-20(4)17-22;19-20(16-10-4-1-5-11-16,17-12-6-2-7-13-17)18-14-8-3-9-15-18;/h5-13,15-16,18H,14H2,1-4H3;1,4-5,10,17-18H,2-3,6-9,12-15H2;/q2*-1;. The zero-order valence-electron chi connectivity index (χ0n) is 29.8. The van der Waals surface area contributed by atoms with Gasteiger partial charge in [0.05, 0.1) is 12.7 Å². The molecule has 4 heteroatoms. The van der Waals surface area contributed by atoms with Gasteiger partial charge in [0, 0.05) is 36.8 Å². The summed E-state index contributed by atoms with van der Waals surface area (Å²) in [6.07, 6.45) is 13.5. The molecule has 2 saturated carbocycles. The van der Waals surface area contributed by atoms with Crippen molar-refractivity contribution in [3.8, 4) is 22.4 Å². The molecule has 0 saturated heterocycles. The van der Waals surface area contributed by atoms with E-state index in [0.29, 0.717) is 17.2 Å². The fraction of sp³-hybridized carbons (Fsp3) is 0.400. The van der Waals surface area contributed by atoms with Crippen molar-refractivity contribution in [1.82, 2.24) is 4.98 Å². The van der Waals surface area contributed by atoms with Crippen molar-refractivity contribution in [2.24, 2.45) is 5.92 Å². The maximum Gasteiger partial charge on any atom is 0.0978 e. The Bertz CT molecular complexity index is 1800. The molecule has 5 aromatic rings. The number of rotatable bonds is 7. The third kappa shape index (κ3) is 8.92. The summed E-state index contributed by atoms with van der Waals surface area (Å²) in [6, 6.07) is 38.6. The molecule has 0 spiro atoms. The second kappa shape index (κ2) is 17.4. The topological polar surface area (TPSA) is 30.0 Å². The molecule has 1 aromatic heterocycles. The van der Waals surface area contributed by atoms with Gasteiger partial charge in [-0.2, -0.15) is 30.3 Å². The molecule has 2 nitrogen and oxygen atoms in total. The average Bonchev–Trinajstić information content (AvgIpc) is 3.12. The van der Waals surface area contributed by atoms with Gasteiger partial charge >= 0.3 is 0 Å². The van der Waals surface area contributed by atoms with E-state index in [-0.39, 0.29) is 20.1 Å². The Kier molecular flexibility index (Phi) is 13.3. The maximum atomic E-state index is 14.1. The van der Waals surface area contributed by atoms with Crippen LogP contribution in [-0.2, 0) is 31.1 Å². The normalized spacial score (nSPS) is 15.8. The predicted octanol–water partition coefficient (Wildman–Crippen LogP) is 12.3. The molecule has 7 rings (SSSR count). The molecule has 1 heterocycles. The third-order valence-corrected chi connectivity index (χ3v) is 14.6. The van der Waals surface area contributed by atoms with Crippen molar-refractivity contribution in [1.29, 1.82) is 0 Å². The first-order chi connectivity index (χ1) is 23.3. The number of hydrogen-bond donors (Lipinski definition) is 0. The first-order valence-corrected chi connectivity index (χ1v) is 20.2. The van der Waals surface area contributed by atoms with Gasteiger partial charge in [0.15, 0.2) is 0 Å². The molecule has 259 valence electrons. The van der Waals surface area contributed by atoms with Crippen LogP contribution in [-0.4, -0.2) is 16.3 Å². The minimum atomic E-state index is -2.28. The van der Waals surface area contributed by atoms with E-state index in [1.807, 2.05) is 18.2 Å². The van der Waals surface area contributed by atoms with Crippen LogP contribution in [0.3, 0.4) is 0 Å². The molecule has 49 heavy (non-hydrogen) atoms. The molecule has 0 aliphatic heterocycles. The fourth-order valence-corrected chi connectivity index (χ4v) is 12.4. The molecule has 0 unspecified atom stereocenters. The molecule has 0 amide bonds. The van der Waals surface area contributed by atoms with E-state index in [9.17, 15) is 4.57 Å². The Hall–Kier alpha value is -2.83. The van der Waals surface area contributed by atoms with Crippen molar-refractivity contribution >= 4 is 23.3 Å². The van der Waals surface area contributed by atoms with Crippen molar-refractivity contribution in [2.45, 2.75) is 110 Å². The zero-order chi connectivity index (χ0) is 33.5. The first-order valence-electron chi connectivity index (χ1n) is 18.4. The van der Waals surface area contributed by atoms with Gasteiger partial charge in [-0.05, 0) is 66.5 Å². The summed E-state index contributed by atoms with van der Waals surface area (Å²) < 4.78 is 14.1. The van der Waals surface area contributed by atoms with Crippen LogP contribution >= 0.6 is 7.14 Å². The Morgan fingerprint density at radius 3 is 2.02 bits per heavy atom. The van der Waals surface area contributed by atoms with E-state index in [1.165, 1.54) is 91.8 Å². The van der Waals surface area contributed by atoms with Crippen LogP contribution in [0.25, 0.3) is 33.3 Å². The van der Waals surface area contributed by atoms with Gasteiger partial charge in [0.1, 0.15) is 0 Å². The summed E-state index contributed by atoms with van der Waals surface area (Å²) >= 11 is 0. The van der Waals surface area contributed by atoms with E-state index in [0.717, 1.165) is 34.1 Å². The first kappa shape index (κ1) is 37.4. The number of benzene rings is 4. The number of pyridine rings is 1. The fourth-order valence-electron chi connectivity index (χ4n) is 8.19. The van der Waals surface area contributed by atoms with E-state index in [4.69, 9.17) is 4.98 Å². The quantitative estimate of drug-likeness (QED) is 0.121. The van der Waals surface area contributed by atoms with Gasteiger partial charge in [-0.25, -0.2) is 0 Å². The number of fused-ring (bicyclic) bond motifs is 1. The molecule has 4 aromatic carbocycles. The smallest absolute Gasteiger partial charge is 0.0978 e. The van der Waals surface area contributed by atoms with Crippen LogP contribution in [0.15, 0.2) is 91.0 Å². The zero-order valence-corrected chi connectivity index (χ0v) is 33.1. The van der Waals surface area contributed by atoms with Gasteiger partial charge in [-0.3, -0.25) is 4.98 Å². The summed E-state index contributed by atoms with van der Waals surface area (Å²) in [5.74, 6) is 0.584. The summed E-state index contributed by atoms with van der Waals surface area (Å²) in [7, 11) is -2.28. The monoisotopic (exact) mass is 846 g/mol. The Morgan fingerprint density at radius 2 is 1.43 bits per heavy atom.